The van der Waals surface area contributed by atoms with Gasteiger partial charge in [0, 0.05) is 24.2 Å². The minimum absolute atomic E-state index is 0.0172. The molecule has 2 aliphatic rings. The summed E-state index contributed by atoms with van der Waals surface area (Å²) in [6, 6.07) is 12.5. The topological polar surface area (TPSA) is 71.2 Å². The molecule has 2 aromatic carbocycles. The number of amides is 1. The molecule has 0 radical (unpaired) electrons. The smallest absolute Gasteiger partial charge is 0.254 e. The van der Waals surface area contributed by atoms with Crippen molar-refractivity contribution >= 4 is 11.7 Å². The highest BCUT2D eigenvalue weighted by atomic mass is 19.1. The Bertz CT molecular complexity index is 1210. The number of benzene rings is 2. The van der Waals surface area contributed by atoms with Gasteiger partial charge in [-0.15, -0.1) is 0 Å². The zero-order valence-corrected chi connectivity index (χ0v) is 17.8. The van der Waals surface area contributed by atoms with Gasteiger partial charge in [-0.2, -0.15) is 4.39 Å². The zero-order chi connectivity index (χ0) is 22.4. The Kier molecular flexibility index (Phi) is 5.13. The maximum absolute atomic E-state index is 14.8. The number of carbonyl (C=O) groups is 1. The van der Waals surface area contributed by atoms with Crippen molar-refractivity contribution in [1.82, 2.24) is 15.2 Å². The molecule has 3 N–H and O–H groups in total. The fraction of sp³-hybridized carbons (Fsp3) is 0.280. The lowest BCUT2D eigenvalue weighted by Crippen LogP contribution is -2.32. The fourth-order valence-electron chi connectivity index (χ4n) is 4.75. The Morgan fingerprint density at radius 2 is 1.88 bits per heavy atom. The third kappa shape index (κ3) is 3.62. The summed E-state index contributed by atoms with van der Waals surface area (Å²) in [7, 11) is 2.11. The second-order valence-electron chi connectivity index (χ2n) is 8.63. The van der Waals surface area contributed by atoms with E-state index in [4.69, 9.17) is 5.73 Å². The van der Waals surface area contributed by atoms with E-state index >= 15 is 0 Å². The van der Waals surface area contributed by atoms with E-state index in [1.807, 2.05) is 24.3 Å². The highest BCUT2D eigenvalue weighted by Gasteiger charge is 2.24. The quantitative estimate of drug-likeness (QED) is 0.612. The first-order chi connectivity index (χ1) is 15.4. The summed E-state index contributed by atoms with van der Waals surface area (Å²) in [6.07, 6.45) is 1.63. The number of likely N-dealkylation sites (tertiary alicyclic amines) is 1. The summed E-state index contributed by atoms with van der Waals surface area (Å²) in [5.74, 6) is -1.25. The highest BCUT2D eigenvalue weighted by Crippen LogP contribution is 2.35. The lowest BCUT2D eigenvalue weighted by atomic mass is 9.92. The number of halogens is 2. The number of nitrogens with zero attached hydrogens (tertiary/aromatic N) is 2. The molecular formula is C25H24F2N4O. The number of likely N-dealkylation sites (N-methyl/N-ethyl adjacent to an activating group) is 1. The summed E-state index contributed by atoms with van der Waals surface area (Å²) in [6.45, 7) is 2.54. The molecule has 1 atom stereocenters. The lowest BCUT2D eigenvalue weighted by Gasteiger charge is -2.19. The van der Waals surface area contributed by atoms with Gasteiger partial charge >= 0.3 is 0 Å². The molecule has 5 rings (SSSR count). The molecule has 7 heteroatoms. The first-order valence-corrected chi connectivity index (χ1v) is 10.8. The van der Waals surface area contributed by atoms with Crippen LogP contribution in [0.1, 0.15) is 33.8 Å². The van der Waals surface area contributed by atoms with Crippen LogP contribution in [0.25, 0.3) is 22.3 Å². The minimum atomic E-state index is -0.669. The summed E-state index contributed by atoms with van der Waals surface area (Å²) in [5.41, 5.74) is 9.83. The average Bonchev–Trinajstić information content (AvgIpc) is 3.20. The van der Waals surface area contributed by atoms with Gasteiger partial charge in [-0.3, -0.25) is 4.79 Å². The molecule has 5 nitrogen and oxygen atoms in total. The van der Waals surface area contributed by atoms with E-state index in [1.165, 1.54) is 11.6 Å². The van der Waals surface area contributed by atoms with Gasteiger partial charge in [0.05, 0.1) is 5.56 Å². The van der Waals surface area contributed by atoms with Gasteiger partial charge in [-0.05, 0) is 72.8 Å². The van der Waals surface area contributed by atoms with Crippen molar-refractivity contribution in [2.24, 2.45) is 0 Å². The molecule has 0 bridgehead atoms. The van der Waals surface area contributed by atoms with E-state index in [0.29, 0.717) is 46.7 Å². The van der Waals surface area contributed by atoms with E-state index in [1.54, 1.807) is 12.1 Å². The summed E-state index contributed by atoms with van der Waals surface area (Å²) < 4.78 is 29.5. The molecule has 3 heterocycles. The minimum Gasteiger partial charge on any atom is -0.383 e. The number of nitrogens with one attached hydrogen (secondary N) is 1. The maximum Gasteiger partial charge on any atom is 0.254 e. The van der Waals surface area contributed by atoms with E-state index < -0.39 is 17.7 Å². The van der Waals surface area contributed by atoms with Gasteiger partial charge in [0.25, 0.3) is 5.91 Å². The van der Waals surface area contributed by atoms with Crippen LogP contribution in [0.2, 0.25) is 0 Å². The fourth-order valence-corrected chi connectivity index (χ4v) is 4.75. The Balaban J connectivity index is 1.53. The molecule has 1 unspecified atom stereocenters. The van der Waals surface area contributed by atoms with Gasteiger partial charge in [0.1, 0.15) is 11.6 Å². The van der Waals surface area contributed by atoms with Crippen LogP contribution in [0.15, 0.2) is 42.5 Å². The summed E-state index contributed by atoms with van der Waals surface area (Å²) in [5, 5.41) is 2.65. The van der Waals surface area contributed by atoms with Crippen molar-refractivity contribution < 1.29 is 13.6 Å². The second kappa shape index (κ2) is 7.98. The molecule has 1 amide bonds. The van der Waals surface area contributed by atoms with Crippen LogP contribution >= 0.6 is 0 Å². The molecule has 0 aliphatic carbocycles. The Morgan fingerprint density at radius 3 is 2.59 bits per heavy atom. The van der Waals surface area contributed by atoms with Crippen LogP contribution in [0.3, 0.4) is 0 Å². The monoisotopic (exact) mass is 434 g/mol. The summed E-state index contributed by atoms with van der Waals surface area (Å²) >= 11 is 0. The van der Waals surface area contributed by atoms with Gasteiger partial charge in [-0.25, -0.2) is 9.37 Å². The number of nitrogens with two attached hydrogens (primary N) is 1. The van der Waals surface area contributed by atoms with Gasteiger partial charge in [0.2, 0.25) is 5.95 Å². The molecular weight excluding hydrogens is 410 g/mol. The number of fused-ring (bicyclic) bond motifs is 1. The molecule has 32 heavy (non-hydrogen) atoms. The van der Waals surface area contributed by atoms with Gasteiger partial charge in [0.15, 0.2) is 0 Å². The van der Waals surface area contributed by atoms with E-state index in [9.17, 15) is 13.6 Å². The maximum atomic E-state index is 14.8. The van der Waals surface area contributed by atoms with Crippen LogP contribution in [0.5, 0.6) is 0 Å². The number of carbonyl (C=O) groups excluding carboxylic acids is 1. The second-order valence-corrected chi connectivity index (χ2v) is 8.63. The van der Waals surface area contributed by atoms with Crippen molar-refractivity contribution in [1.29, 1.82) is 0 Å². The average molecular weight is 434 g/mol. The van der Waals surface area contributed by atoms with Crippen molar-refractivity contribution in [3.63, 3.8) is 0 Å². The van der Waals surface area contributed by atoms with E-state index in [-0.39, 0.29) is 11.4 Å². The molecule has 2 aliphatic heterocycles. The largest absolute Gasteiger partial charge is 0.383 e. The third-order valence-electron chi connectivity index (χ3n) is 6.48. The Morgan fingerprint density at radius 1 is 1.09 bits per heavy atom. The number of nitrogen functional groups attached to an aromatic ring is 1. The van der Waals surface area contributed by atoms with Crippen molar-refractivity contribution in [2.45, 2.75) is 18.8 Å². The van der Waals surface area contributed by atoms with Crippen LogP contribution in [-0.4, -0.2) is 42.5 Å². The first-order valence-electron chi connectivity index (χ1n) is 10.8. The standard InChI is InChI=1S/C25H24F2N4O/c1-31-9-7-17(13-31)14-2-4-15(5-3-14)19-12-20(24(28)30-23(19)27)18-10-16-6-8-29-25(32)22(16)21(26)11-18/h2-5,10-12,17H,6-9,13H2,1H3,(H2,28,30)(H,29,32). The van der Waals surface area contributed by atoms with Crippen molar-refractivity contribution in [3.8, 4) is 22.3 Å². The molecule has 0 saturated carbocycles. The zero-order valence-electron chi connectivity index (χ0n) is 17.8. The van der Waals surface area contributed by atoms with Crippen LogP contribution in [0, 0.1) is 11.8 Å². The van der Waals surface area contributed by atoms with Crippen molar-refractivity contribution in [2.75, 3.05) is 32.4 Å². The molecule has 3 aromatic rings. The predicted octanol–water partition coefficient (Wildman–Crippen LogP) is 3.98. The van der Waals surface area contributed by atoms with E-state index in [0.717, 1.165) is 19.5 Å². The summed E-state index contributed by atoms with van der Waals surface area (Å²) in [4.78, 5) is 18.2. The number of rotatable bonds is 3. The molecule has 1 fully saturated rings. The van der Waals surface area contributed by atoms with Crippen LogP contribution in [0.4, 0.5) is 14.6 Å². The molecule has 1 saturated heterocycles. The molecule has 1 aromatic heterocycles. The number of hydrogen-bond donors (Lipinski definition) is 2. The van der Waals surface area contributed by atoms with Gasteiger partial charge in [-0.1, -0.05) is 24.3 Å². The van der Waals surface area contributed by atoms with Crippen LogP contribution < -0.4 is 11.1 Å². The van der Waals surface area contributed by atoms with E-state index in [2.05, 4.69) is 22.2 Å². The Hall–Kier alpha value is -3.32. The number of aromatic nitrogens is 1. The lowest BCUT2D eigenvalue weighted by molar-refractivity contribution is 0.0941. The van der Waals surface area contributed by atoms with Crippen LogP contribution in [-0.2, 0) is 6.42 Å². The SMILES string of the molecule is CN1CCC(c2ccc(-c3cc(-c4cc(F)c5c(c4)CCNC5=O)c(N)nc3F)cc2)C1. The normalized spacial score (nSPS) is 18.5. The number of hydrogen-bond acceptors (Lipinski definition) is 4. The molecule has 0 spiro atoms. The van der Waals surface area contributed by atoms with Gasteiger partial charge < -0.3 is 16.0 Å². The first kappa shape index (κ1) is 20.6. The number of pyridine rings is 1. The Labute approximate surface area is 185 Å². The third-order valence-corrected chi connectivity index (χ3v) is 6.48. The number of anilines is 1. The highest BCUT2D eigenvalue weighted by molar-refractivity contribution is 5.98. The van der Waals surface area contributed by atoms with Crippen molar-refractivity contribution in [3.05, 3.63) is 70.9 Å². The molecule has 164 valence electrons. The predicted molar refractivity (Wildman–Crippen MR) is 120 cm³/mol.